The molecule has 0 unspecified atom stereocenters. The Kier molecular flexibility index (Phi) is 3.38. The van der Waals surface area contributed by atoms with Crippen LogP contribution in [0.1, 0.15) is 5.82 Å². The van der Waals surface area contributed by atoms with Crippen molar-refractivity contribution in [3.8, 4) is 0 Å². The van der Waals surface area contributed by atoms with Crippen molar-refractivity contribution >= 4 is 28.8 Å². The number of hydrogen-bond donors (Lipinski definition) is 1. The van der Waals surface area contributed by atoms with Crippen LogP contribution in [-0.4, -0.2) is 36.5 Å². The predicted molar refractivity (Wildman–Crippen MR) is 71.5 cm³/mol. The molecule has 0 aliphatic heterocycles. The number of fused-ring (bicyclic) bond motifs is 1. The summed E-state index contributed by atoms with van der Waals surface area (Å²) in [5.41, 5.74) is 1.72. The van der Waals surface area contributed by atoms with Gasteiger partial charge in [-0.25, -0.2) is 4.98 Å². The molecule has 0 aliphatic carbocycles. The van der Waals surface area contributed by atoms with Gasteiger partial charge >= 0.3 is 5.97 Å². The molecule has 1 aromatic carbocycles. The Labute approximate surface area is 117 Å². The minimum absolute atomic E-state index is 0.0461. The number of nitrogens with zero attached hydrogens (tertiary/aromatic N) is 4. The molecule has 20 heavy (non-hydrogen) atoms. The first-order chi connectivity index (χ1) is 9.74. The number of imidazole rings is 1. The SMILES string of the molecule is O=C(O)CSc1nc2ccccc2n1Cc1ncon1. The van der Waals surface area contributed by atoms with Gasteiger partial charge in [0.15, 0.2) is 11.0 Å². The van der Waals surface area contributed by atoms with Crippen LogP contribution in [0.15, 0.2) is 40.3 Å². The van der Waals surface area contributed by atoms with E-state index in [0.717, 1.165) is 11.0 Å². The topological polar surface area (TPSA) is 94.0 Å². The van der Waals surface area contributed by atoms with Crippen LogP contribution in [0, 0.1) is 0 Å². The standard InChI is InChI=1S/C12H10N4O3S/c17-11(18)6-20-12-14-8-3-1-2-4-9(8)16(12)5-10-13-7-19-15-10/h1-4,7H,5-6H2,(H,17,18). The molecule has 0 amide bonds. The number of thioether (sulfide) groups is 1. The van der Waals surface area contributed by atoms with Gasteiger partial charge in [0.25, 0.3) is 0 Å². The van der Waals surface area contributed by atoms with E-state index < -0.39 is 5.97 Å². The van der Waals surface area contributed by atoms with E-state index >= 15 is 0 Å². The lowest BCUT2D eigenvalue weighted by atomic mass is 10.3. The van der Waals surface area contributed by atoms with E-state index in [1.165, 1.54) is 18.2 Å². The largest absolute Gasteiger partial charge is 0.481 e. The lowest BCUT2D eigenvalue weighted by molar-refractivity contribution is -0.133. The molecule has 0 fully saturated rings. The van der Waals surface area contributed by atoms with Gasteiger partial charge in [-0.2, -0.15) is 4.98 Å². The van der Waals surface area contributed by atoms with Crippen molar-refractivity contribution in [1.82, 2.24) is 19.7 Å². The summed E-state index contributed by atoms with van der Waals surface area (Å²) in [6.07, 6.45) is 1.26. The molecular weight excluding hydrogens is 280 g/mol. The summed E-state index contributed by atoms with van der Waals surface area (Å²) < 4.78 is 6.60. The van der Waals surface area contributed by atoms with Crippen molar-refractivity contribution in [1.29, 1.82) is 0 Å². The van der Waals surface area contributed by atoms with Crippen LogP contribution < -0.4 is 0 Å². The molecule has 7 nitrogen and oxygen atoms in total. The molecule has 0 spiro atoms. The molecule has 0 radical (unpaired) electrons. The third-order valence-corrected chi connectivity index (χ3v) is 3.61. The lowest BCUT2D eigenvalue weighted by Crippen LogP contribution is -2.05. The summed E-state index contributed by atoms with van der Waals surface area (Å²) in [5, 5.41) is 13.2. The molecule has 102 valence electrons. The summed E-state index contributed by atoms with van der Waals surface area (Å²) in [7, 11) is 0. The first kappa shape index (κ1) is 12.7. The minimum Gasteiger partial charge on any atom is -0.481 e. The van der Waals surface area contributed by atoms with E-state index in [0.29, 0.717) is 17.5 Å². The normalized spacial score (nSPS) is 11.0. The Balaban J connectivity index is 2.01. The maximum absolute atomic E-state index is 10.7. The van der Waals surface area contributed by atoms with Crippen molar-refractivity contribution in [2.75, 3.05) is 5.75 Å². The van der Waals surface area contributed by atoms with E-state index in [1.807, 2.05) is 28.8 Å². The summed E-state index contributed by atoms with van der Waals surface area (Å²) in [6.45, 7) is 0.388. The second kappa shape index (κ2) is 5.33. The second-order valence-corrected chi connectivity index (χ2v) is 4.94. The van der Waals surface area contributed by atoms with Crippen molar-refractivity contribution in [3.05, 3.63) is 36.5 Å². The van der Waals surface area contributed by atoms with Crippen LogP contribution in [0.3, 0.4) is 0 Å². The van der Waals surface area contributed by atoms with Gasteiger partial charge < -0.3 is 14.2 Å². The monoisotopic (exact) mass is 290 g/mol. The summed E-state index contributed by atoms with van der Waals surface area (Å²) in [5.74, 6) is -0.409. The number of aromatic nitrogens is 4. The molecule has 8 heteroatoms. The van der Waals surface area contributed by atoms with Crippen molar-refractivity contribution < 1.29 is 14.4 Å². The number of carbonyl (C=O) groups is 1. The molecule has 1 N–H and O–H groups in total. The zero-order valence-electron chi connectivity index (χ0n) is 10.3. The van der Waals surface area contributed by atoms with Gasteiger partial charge in [-0.05, 0) is 12.1 Å². The molecule has 0 saturated heterocycles. The predicted octanol–water partition coefficient (Wildman–Crippen LogP) is 1.64. The van der Waals surface area contributed by atoms with Crippen LogP contribution in [0.2, 0.25) is 0 Å². The van der Waals surface area contributed by atoms with Gasteiger partial charge in [0.1, 0.15) is 0 Å². The lowest BCUT2D eigenvalue weighted by Gasteiger charge is -2.04. The van der Waals surface area contributed by atoms with Crippen molar-refractivity contribution in [2.24, 2.45) is 0 Å². The highest BCUT2D eigenvalue weighted by molar-refractivity contribution is 7.99. The average molecular weight is 290 g/mol. The number of benzene rings is 1. The Morgan fingerprint density at radius 3 is 3.00 bits per heavy atom. The summed E-state index contributed by atoms with van der Waals surface area (Å²) in [6, 6.07) is 7.60. The molecule has 0 aliphatic rings. The van der Waals surface area contributed by atoms with E-state index in [1.54, 1.807) is 0 Å². The first-order valence-electron chi connectivity index (χ1n) is 5.79. The van der Waals surface area contributed by atoms with E-state index in [-0.39, 0.29) is 5.75 Å². The third kappa shape index (κ3) is 2.50. The maximum atomic E-state index is 10.7. The fourth-order valence-corrected chi connectivity index (χ4v) is 2.58. The molecule has 3 aromatic rings. The fourth-order valence-electron chi connectivity index (χ4n) is 1.85. The Hall–Kier alpha value is -2.35. The van der Waals surface area contributed by atoms with Crippen LogP contribution in [0.25, 0.3) is 11.0 Å². The Morgan fingerprint density at radius 2 is 2.25 bits per heavy atom. The first-order valence-corrected chi connectivity index (χ1v) is 6.77. The van der Waals surface area contributed by atoms with Gasteiger partial charge in [-0.15, -0.1) is 0 Å². The molecule has 0 bridgehead atoms. The van der Waals surface area contributed by atoms with E-state index in [4.69, 9.17) is 9.63 Å². The van der Waals surface area contributed by atoms with E-state index in [9.17, 15) is 4.79 Å². The summed E-state index contributed by atoms with van der Waals surface area (Å²) >= 11 is 1.17. The smallest absolute Gasteiger partial charge is 0.313 e. The van der Waals surface area contributed by atoms with Gasteiger partial charge in [0.2, 0.25) is 6.39 Å². The maximum Gasteiger partial charge on any atom is 0.313 e. The van der Waals surface area contributed by atoms with Gasteiger partial charge in [-0.1, -0.05) is 29.1 Å². The number of para-hydroxylation sites is 2. The molecule has 0 atom stereocenters. The van der Waals surface area contributed by atoms with E-state index in [2.05, 4.69) is 15.1 Å². The zero-order valence-corrected chi connectivity index (χ0v) is 11.1. The number of aliphatic carboxylic acids is 1. The highest BCUT2D eigenvalue weighted by Gasteiger charge is 2.14. The molecule has 3 rings (SSSR count). The van der Waals surface area contributed by atoms with Gasteiger partial charge in [0, 0.05) is 0 Å². The average Bonchev–Trinajstić information content (AvgIpc) is 3.05. The number of rotatable bonds is 5. The van der Waals surface area contributed by atoms with Crippen molar-refractivity contribution in [3.63, 3.8) is 0 Å². The summed E-state index contributed by atoms with van der Waals surface area (Å²) in [4.78, 5) is 19.1. The third-order valence-electron chi connectivity index (χ3n) is 2.65. The number of carboxylic acids is 1. The highest BCUT2D eigenvalue weighted by Crippen LogP contribution is 2.24. The minimum atomic E-state index is -0.881. The van der Waals surface area contributed by atoms with Gasteiger partial charge in [-0.3, -0.25) is 4.79 Å². The van der Waals surface area contributed by atoms with Crippen LogP contribution in [-0.2, 0) is 11.3 Å². The number of carboxylic acid groups (broad SMARTS) is 1. The molecule has 0 saturated carbocycles. The molecule has 2 aromatic heterocycles. The fraction of sp³-hybridized carbons (Fsp3) is 0.167. The van der Waals surface area contributed by atoms with Crippen LogP contribution >= 0.6 is 11.8 Å². The molecule has 2 heterocycles. The Morgan fingerprint density at radius 1 is 1.40 bits per heavy atom. The second-order valence-electron chi connectivity index (χ2n) is 4.00. The quantitative estimate of drug-likeness (QED) is 0.714. The zero-order chi connectivity index (χ0) is 13.9. The van der Waals surface area contributed by atoms with Crippen molar-refractivity contribution in [2.45, 2.75) is 11.7 Å². The highest BCUT2D eigenvalue weighted by atomic mass is 32.2. The van der Waals surface area contributed by atoms with Gasteiger partial charge in [0.05, 0.1) is 23.3 Å². The van der Waals surface area contributed by atoms with Crippen LogP contribution in [0.4, 0.5) is 0 Å². The molecular formula is C12H10N4O3S. The number of hydrogen-bond acceptors (Lipinski definition) is 6. The van der Waals surface area contributed by atoms with Crippen LogP contribution in [0.5, 0.6) is 0 Å². The Bertz CT molecular complexity index is 738.